The standard InChI is InChI=1S/C18H20Cl2N2O3S2/c1-4-26-17-8-6-5-7-15(17)21-18(23)12(2)22(27(3,24)25)16-11-13(19)9-10-14(16)20/h5-12H,4H2,1-3H3,(H,21,23)/t12-/m1/s1. The van der Waals surface area contributed by atoms with E-state index in [2.05, 4.69) is 5.32 Å². The van der Waals surface area contributed by atoms with Gasteiger partial charge in [-0.1, -0.05) is 42.3 Å². The van der Waals surface area contributed by atoms with Gasteiger partial charge in [-0.3, -0.25) is 9.10 Å². The number of para-hydroxylation sites is 1. The Labute approximate surface area is 174 Å². The second-order valence-electron chi connectivity index (χ2n) is 5.75. The minimum atomic E-state index is -3.79. The SMILES string of the molecule is CCSc1ccccc1NC(=O)[C@@H](C)N(c1cc(Cl)ccc1Cl)S(C)(=O)=O. The number of benzene rings is 2. The van der Waals surface area contributed by atoms with Crippen molar-refractivity contribution < 1.29 is 13.2 Å². The van der Waals surface area contributed by atoms with Crippen LogP contribution in [0.1, 0.15) is 13.8 Å². The fraction of sp³-hybridized carbons (Fsp3) is 0.278. The van der Waals surface area contributed by atoms with E-state index >= 15 is 0 Å². The lowest BCUT2D eigenvalue weighted by Gasteiger charge is -2.29. The van der Waals surface area contributed by atoms with Crippen molar-refractivity contribution in [1.82, 2.24) is 0 Å². The number of carbonyl (C=O) groups excluding carboxylic acids is 1. The van der Waals surface area contributed by atoms with E-state index in [1.54, 1.807) is 23.9 Å². The number of thioether (sulfide) groups is 1. The van der Waals surface area contributed by atoms with Crippen LogP contribution in [-0.4, -0.2) is 32.4 Å². The van der Waals surface area contributed by atoms with E-state index < -0.39 is 22.0 Å². The highest BCUT2D eigenvalue weighted by Crippen LogP contribution is 2.33. The Morgan fingerprint density at radius 2 is 1.89 bits per heavy atom. The summed E-state index contributed by atoms with van der Waals surface area (Å²) < 4.78 is 25.8. The van der Waals surface area contributed by atoms with Crippen LogP contribution in [0.2, 0.25) is 10.0 Å². The molecule has 0 radical (unpaired) electrons. The average Bonchev–Trinajstić information content (AvgIpc) is 2.58. The van der Waals surface area contributed by atoms with E-state index in [1.807, 2.05) is 25.1 Å². The van der Waals surface area contributed by atoms with Gasteiger partial charge in [0.05, 0.1) is 22.7 Å². The second-order valence-corrected chi connectivity index (χ2v) is 9.76. The molecule has 9 heteroatoms. The molecule has 0 aliphatic rings. The Hall–Kier alpha value is -1.41. The highest BCUT2D eigenvalue weighted by molar-refractivity contribution is 7.99. The molecule has 0 aliphatic carbocycles. The van der Waals surface area contributed by atoms with Crippen molar-refractivity contribution in [3.63, 3.8) is 0 Å². The van der Waals surface area contributed by atoms with Gasteiger partial charge in [0.15, 0.2) is 0 Å². The van der Waals surface area contributed by atoms with Crippen LogP contribution < -0.4 is 9.62 Å². The molecule has 0 aromatic heterocycles. The maximum atomic E-state index is 12.8. The quantitative estimate of drug-likeness (QED) is 0.614. The number of sulfonamides is 1. The molecule has 1 atom stereocenters. The molecule has 146 valence electrons. The first-order valence-corrected chi connectivity index (χ1v) is 11.7. The molecule has 0 spiro atoms. The van der Waals surface area contributed by atoms with Crippen molar-refractivity contribution in [3.05, 3.63) is 52.5 Å². The summed E-state index contributed by atoms with van der Waals surface area (Å²) in [5.74, 6) is 0.372. The third-order valence-electron chi connectivity index (χ3n) is 3.68. The normalized spacial score (nSPS) is 12.5. The monoisotopic (exact) mass is 446 g/mol. The molecular weight excluding hydrogens is 427 g/mol. The number of halogens is 2. The molecule has 2 aromatic rings. The van der Waals surface area contributed by atoms with Crippen molar-refractivity contribution >= 4 is 62.3 Å². The molecule has 0 bridgehead atoms. The first-order valence-electron chi connectivity index (χ1n) is 8.12. The number of carbonyl (C=O) groups is 1. The van der Waals surface area contributed by atoms with E-state index in [0.29, 0.717) is 10.7 Å². The van der Waals surface area contributed by atoms with Crippen LogP contribution in [0.25, 0.3) is 0 Å². The molecule has 2 aromatic carbocycles. The lowest BCUT2D eigenvalue weighted by atomic mass is 10.2. The predicted octanol–water partition coefficient (Wildman–Crippen LogP) is 4.90. The van der Waals surface area contributed by atoms with Gasteiger partial charge in [0.1, 0.15) is 6.04 Å². The zero-order valence-corrected chi connectivity index (χ0v) is 18.2. The Balaban J connectivity index is 2.38. The second kappa shape index (κ2) is 9.19. The summed E-state index contributed by atoms with van der Waals surface area (Å²) in [6, 6.07) is 10.8. The van der Waals surface area contributed by atoms with Gasteiger partial charge in [-0.25, -0.2) is 8.42 Å². The van der Waals surface area contributed by atoms with E-state index in [-0.39, 0.29) is 10.7 Å². The zero-order chi connectivity index (χ0) is 20.2. The summed E-state index contributed by atoms with van der Waals surface area (Å²) >= 11 is 13.8. The van der Waals surface area contributed by atoms with Gasteiger partial charge < -0.3 is 5.32 Å². The van der Waals surface area contributed by atoms with Gasteiger partial charge in [0.25, 0.3) is 0 Å². The van der Waals surface area contributed by atoms with E-state index in [1.165, 1.54) is 19.1 Å². The van der Waals surface area contributed by atoms with Crippen LogP contribution in [-0.2, 0) is 14.8 Å². The number of rotatable bonds is 7. The Kier molecular flexibility index (Phi) is 7.45. The lowest BCUT2D eigenvalue weighted by Crippen LogP contribution is -2.45. The molecule has 5 nitrogen and oxygen atoms in total. The largest absolute Gasteiger partial charge is 0.323 e. The first-order chi connectivity index (χ1) is 12.6. The Morgan fingerprint density at radius 3 is 2.52 bits per heavy atom. The Bertz CT molecular complexity index is 936. The number of nitrogens with zero attached hydrogens (tertiary/aromatic N) is 1. The van der Waals surface area contributed by atoms with Crippen LogP contribution in [0.5, 0.6) is 0 Å². The highest BCUT2D eigenvalue weighted by atomic mass is 35.5. The molecule has 0 saturated carbocycles. The first kappa shape index (κ1) is 21.9. The van der Waals surface area contributed by atoms with Gasteiger partial charge in [0.2, 0.25) is 15.9 Å². The van der Waals surface area contributed by atoms with Gasteiger partial charge >= 0.3 is 0 Å². The van der Waals surface area contributed by atoms with Crippen LogP contribution >= 0.6 is 35.0 Å². The van der Waals surface area contributed by atoms with Gasteiger partial charge in [-0.2, -0.15) is 0 Å². The van der Waals surface area contributed by atoms with Crippen molar-refractivity contribution in [2.24, 2.45) is 0 Å². The maximum absolute atomic E-state index is 12.8. The predicted molar refractivity (Wildman–Crippen MR) is 115 cm³/mol. The van der Waals surface area contributed by atoms with Crippen molar-refractivity contribution in [2.45, 2.75) is 24.8 Å². The third kappa shape index (κ3) is 5.54. The Morgan fingerprint density at radius 1 is 1.22 bits per heavy atom. The fourth-order valence-corrected chi connectivity index (χ4v) is 4.89. The van der Waals surface area contributed by atoms with E-state index in [4.69, 9.17) is 23.2 Å². The number of anilines is 2. The van der Waals surface area contributed by atoms with Crippen molar-refractivity contribution in [3.8, 4) is 0 Å². The zero-order valence-electron chi connectivity index (χ0n) is 15.1. The highest BCUT2D eigenvalue weighted by Gasteiger charge is 2.31. The fourth-order valence-electron chi connectivity index (χ4n) is 2.52. The van der Waals surface area contributed by atoms with E-state index in [0.717, 1.165) is 21.2 Å². The average molecular weight is 447 g/mol. The van der Waals surface area contributed by atoms with Gasteiger partial charge in [-0.15, -0.1) is 11.8 Å². The molecule has 0 saturated heterocycles. The van der Waals surface area contributed by atoms with Crippen LogP contribution in [0, 0.1) is 0 Å². The number of nitrogens with one attached hydrogen (secondary N) is 1. The van der Waals surface area contributed by atoms with Crippen molar-refractivity contribution in [1.29, 1.82) is 0 Å². The van der Waals surface area contributed by atoms with Crippen molar-refractivity contribution in [2.75, 3.05) is 21.6 Å². The molecule has 0 unspecified atom stereocenters. The molecule has 0 heterocycles. The van der Waals surface area contributed by atoms with Crippen LogP contribution in [0.3, 0.4) is 0 Å². The van der Waals surface area contributed by atoms with E-state index in [9.17, 15) is 13.2 Å². The lowest BCUT2D eigenvalue weighted by molar-refractivity contribution is -0.116. The molecule has 0 fully saturated rings. The molecule has 27 heavy (non-hydrogen) atoms. The molecule has 2 rings (SSSR count). The van der Waals surface area contributed by atoms with Crippen LogP contribution in [0.4, 0.5) is 11.4 Å². The summed E-state index contributed by atoms with van der Waals surface area (Å²) in [7, 11) is -3.79. The summed E-state index contributed by atoms with van der Waals surface area (Å²) in [6.45, 7) is 3.52. The number of amides is 1. The number of hydrogen-bond acceptors (Lipinski definition) is 4. The molecule has 0 aliphatic heterocycles. The number of hydrogen-bond donors (Lipinski definition) is 1. The maximum Gasteiger partial charge on any atom is 0.248 e. The summed E-state index contributed by atoms with van der Waals surface area (Å²) in [5.41, 5.74) is 0.789. The topological polar surface area (TPSA) is 66.5 Å². The van der Waals surface area contributed by atoms with Gasteiger partial charge in [-0.05, 0) is 43.0 Å². The van der Waals surface area contributed by atoms with Crippen LogP contribution in [0.15, 0.2) is 47.4 Å². The summed E-state index contributed by atoms with van der Waals surface area (Å²) in [4.78, 5) is 13.7. The van der Waals surface area contributed by atoms with Gasteiger partial charge in [0, 0.05) is 9.92 Å². The smallest absolute Gasteiger partial charge is 0.248 e. The molecular formula is C18H20Cl2N2O3S2. The summed E-state index contributed by atoms with van der Waals surface area (Å²) in [6.07, 6.45) is 1.02. The minimum absolute atomic E-state index is 0.158. The molecule has 1 N–H and O–H groups in total. The summed E-state index contributed by atoms with van der Waals surface area (Å²) in [5, 5.41) is 3.32. The molecule has 1 amide bonds. The minimum Gasteiger partial charge on any atom is -0.323 e. The third-order valence-corrected chi connectivity index (χ3v) is 6.42.